The van der Waals surface area contributed by atoms with E-state index in [0.717, 1.165) is 11.3 Å². The molecular weight excluding hydrogens is 256 g/mol. The molecule has 6 nitrogen and oxygen atoms in total. The van der Waals surface area contributed by atoms with Crippen LogP contribution in [-0.4, -0.2) is 32.7 Å². The predicted molar refractivity (Wildman–Crippen MR) is 72.3 cm³/mol. The van der Waals surface area contributed by atoms with Gasteiger partial charge in [-0.1, -0.05) is 0 Å². The number of fused-ring (bicyclic) bond motifs is 1. The van der Waals surface area contributed by atoms with Crippen molar-refractivity contribution in [2.45, 2.75) is 6.92 Å². The molecule has 0 aromatic carbocycles. The number of hydrogen-bond acceptors (Lipinski definition) is 5. The molecule has 0 spiro atoms. The third kappa shape index (κ3) is 2.01. The van der Waals surface area contributed by atoms with Crippen molar-refractivity contribution in [2.24, 2.45) is 0 Å². The molecule has 6 heteroatoms. The maximum Gasteiger partial charge on any atom is 0.339 e. The van der Waals surface area contributed by atoms with E-state index >= 15 is 0 Å². The fourth-order valence-corrected chi connectivity index (χ4v) is 1.93. The van der Waals surface area contributed by atoms with Gasteiger partial charge in [0.1, 0.15) is 0 Å². The molecule has 0 bridgehead atoms. The first-order valence-electron chi connectivity index (χ1n) is 6.05. The Morgan fingerprint density at radius 3 is 2.75 bits per heavy atom. The number of esters is 1. The maximum absolute atomic E-state index is 11.6. The van der Waals surface area contributed by atoms with Gasteiger partial charge in [0.25, 0.3) is 0 Å². The lowest BCUT2D eigenvalue weighted by molar-refractivity contribution is 0.0600. The lowest BCUT2D eigenvalue weighted by Gasteiger charge is -2.03. The van der Waals surface area contributed by atoms with E-state index in [1.807, 2.05) is 19.1 Å². The van der Waals surface area contributed by atoms with Gasteiger partial charge in [-0.3, -0.25) is 9.38 Å². The number of aryl methyl sites for hydroxylation is 1. The Morgan fingerprint density at radius 2 is 2.05 bits per heavy atom. The van der Waals surface area contributed by atoms with Crippen molar-refractivity contribution in [3.05, 3.63) is 47.9 Å². The van der Waals surface area contributed by atoms with Gasteiger partial charge >= 0.3 is 5.97 Å². The van der Waals surface area contributed by atoms with Gasteiger partial charge in [0, 0.05) is 23.7 Å². The largest absolute Gasteiger partial charge is 0.465 e. The number of ether oxygens (including phenoxy) is 1. The van der Waals surface area contributed by atoms with Gasteiger partial charge in [-0.2, -0.15) is 0 Å². The topological polar surface area (TPSA) is 69.4 Å². The van der Waals surface area contributed by atoms with Gasteiger partial charge in [-0.05, 0) is 31.2 Å². The fraction of sp³-hybridized carbons (Fsp3) is 0.143. The maximum atomic E-state index is 11.6. The van der Waals surface area contributed by atoms with Crippen LogP contribution >= 0.6 is 0 Å². The van der Waals surface area contributed by atoms with E-state index in [1.54, 1.807) is 28.9 Å². The van der Waals surface area contributed by atoms with Crippen LogP contribution in [0.3, 0.4) is 0 Å². The van der Waals surface area contributed by atoms with Crippen molar-refractivity contribution in [2.75, 3.05) is 7.11 Å². The van der Waals surface area contributed by atoms with Crippen LogP contribution in [0.4, 0.5) is 0 Å². The summed E-state index contributed by atoms with van der Waals surface area (Å²) in [5.41, 5.74) is 2.87. The number of rotatable bonds is 2. The molecule has 0 aliphatic rings. The predicted octanol–water partition coefficient (Wildman–Crippen LogP) is 1.89. The number of methoxy groups -OCH3 is 1. The number of nitrogens with zero attached hydrogens (tertiary/aromatic N) is 4. The molecule has 3 aromatic heterocycles. The van der Waals surface area contributed by atoms with Crippen molar-refractivity contribution in [1.29, 1.82) is 0 Å². The monoisotopic (exact) mass is 268 g/mol. The van der Waals surface area contributed by atoms with E-state index in [0.29, 0.717) is 17.0 Å². The Morgan fingerprint density at radius 1 is 1.20 bits per heavy atom. The first kappa shape index (κ1) is 12.3. The Kier molecular flexibility index (Phi) is 2.90. The van der Waals surface area contributed by atoms with Crippen LogP contribution in [0.15, 0.2) is 36.7 Å². The minimum absolute atomic E-state index is 0.395. The molecule has 0 radical (unpaired) electrons. The van der Waals surface area contributed by atoms with Crippen molar-refractivity contribution in [3.8, 4) is 11.4 Å². The fourth-order valence-electron chi connectivity index (χ4n) is 1.93. The molecule has 3 rings (SSSR count). The molecule has 0 N–H and O–H groups in total. The first-order chi connectivity index (χ1) is 9.69. The standard InChI is InChI=1S/C14H12N4O2/c1-9-3-4-10(7-15-9)13-17-16-12-6-5-11(8-18(12)13)14(19)20-2/h3-8H,1-2H3. The van der Waals surface area contributed by atoms with Gasteiger partial charge in [-0.25, -0.2) is 4.79 Å². The second kappa shape index (κ2) is 4.73. The molecule has 100 valence electrons. The Bertz CT molecular complexity index is 777. The number of carbonyl (C=O) groups excluding carboxylic acids is 1. The third-order valence-corrected chi connectivity index (χ3v) is 2.99. The van der Waals surface area contributed by atoms with Gasteiger partial charge in [0.2, 0.25) is 0 Å². The summed E-state index contributed by atoms with van der Waals surface area (Å²) < 4.78 is 6.47. The molecule has 0 atom stereocenters. The highest BCUT2D eigenvalue weighted by molar-refractivity contribution is 5.89. The molecule has 0 saturated heterocycles. The van der Waals surface area contributed by atoms with Gasteiger partial charge in [0.15, 0.2) is 11.5 Å². The summed E-state index contributed by atoms with van der Waals surface area (Å²) in [5, 5.41) is 8.22. The van der Waals surface area contributed by atoms with Gasteiger partial charge < -0.3 is 4.74 Å². The van der Waals surface area contributed by atoms with Crippen molar-refractivity contribution in [3.63, 3.8) is 0 Å². The molecule has 20 heavy (non-hydrogen) atoms. The van der Waals surface area contributed by atoms with E-state index in [2.05, 4.69) is 15.2 Å². The third-order valence-electron chi connectivity index (χ3n) is 2.99. The second-order valence-electron chi connectivity index (χ2n) is 4.35. The first-order valence-corrected chi connectivity index (χ1v) is 6.05. The quantitative estimate of drug-likeness (QED) is 0.664. The van der Waals surface area contributed by atoms with E-state index in [9.17, 15) is 4.79 Å². The van der Waals surface area contributed by atoms with Crippen LogP contribution in [0.5, 0.6) is 0 Å². The van der Waals surface area contributed by atoms with Crippen LogP contribution in [0.1, 0.15) is 16.1 Å². The van der Waals surface area contributed by atoms with Gasteiger partial charge in [-0.15, -0.1) is 10.2 Å². The zero-order valence-electron chi connectivity index (χ0n) is 11.1. The number of hydrogen-bond donors (Lipinski definition) is 0. The van der Waals surface area contributed by atoms with Crippen LogP contribution in [0.25, 0.3) is 17.0 Å². The molecule has 0 aliphatic heterocycles. The highest BCUT2D eigenvalue weighted by atomic mass is 16.5. The van der Waals surface area contributed by atoms with Crippen LogP contribution in [0, 0.1) is 6.92 Å². The van der Waals surface area contributed by atoms with Crippen LogP contribution in [-0.2, 0) is 4.74 Å². The molecule has 0 amide bonds. The minimum atomic E-state index is -0.395. The van der Waals surface area contributed by atoms with Crippen molar-refractivity contribution < 1.29 is 9.53 Å². The highest BCUT2D eigenvalue weighted by Gasteiger charge is 2.12. The Hall–Kier alpha value is -2.76. The second-order valence-corrected chi connectivity index (χ2v) is 4.35. The summed E-state index contributed by atoms with van der Waals surface area (Å²) in [4.78, 5) is 15.8. The summed E-state index contributed by atoms with van der Waals surface area (Å²) in [5.74, 6) is 0.242. The van der Waals surface area contributed by atoms with Gasteiger partial charge in [0.05, 0.1) is 12.7 Å². The smallest absolute Gasteiger partial charge is 0.339 e. The zero-order valence-corrected chi connectivity index (χ0v) is 11.1. The Labute approximate surface area is 115 Å². The molecule has 0 aliphatic carbocycles. The van der Waals surface area contributed by atoms with Crippen molar-refractivity contribution >= 4 is 11.6 Å². The minimum Gasteiger partial charge on any atom is -0.465 e. The lowest BCUT2D eigenvalue weighted by atomic mass is 10.2. The molecule has 0 unspecified atom stereocenters. The Balaban J connectivity index is 2.16. The van der Waals surface area contributed by atoms with E-state index in [4.69, 9.17) is 4.74 Å². The zero-order chi connectivity index (χ0) is 14.1. The average Bonchev–Trinajstić information content (AvgIpc) is 2.90. The summed E-state index contributed by atoms with van der Waals surface area (Å²) >= 11 is 0. The summed E-state index contributed by atoms with van der Waals surface area (Å²) in [6.45, 7) is 1.92. The summed E-state index contributed by atoms with van der Waals surface area (Å²) in [7, 11) is 1.35. The molecule has 0 saturated carbocycles. The number of aromatic nitrogens is 4. The molecular formula is C14H12N4O2. The average molecular weight is 268 g/mol. The molecule has 3 heterocycles. The van der Waals surface area contributed by atoms with Crippen LogP contribution < -0.4 is 0 Å². The summed E-state index contributed by atoms with van der Waals surface area (Å²) in [6, 6.07) is 7.21. The summed E-state index contributed by atoms with van der Waals surface area (Å²) in [6.07, 6.45) is 3.40. The normalized spacial score (nSPS) is 10.7. The van der Waals surface area contributed by atoms with E-state index in [1.165, 1.54) is 7.11 Å². The lowest BCUT2D eigenvalue weighted by Crippen LogP contribution is -2.03. The van der Waals surface area contributed by atoms with Crippen molar-refractivity contribution in [1.82, 2.24) is 19.6 Å². The number of carbonyl (C=O) groups is 1. The number of pyridine rings is 2. The van der Waals surface area contributed by atoms with E-state index in [-0.39, 0.29) is 0 Å². The van der Waals surface area contributed by atoms with Crippen LogP contribution in [0.2, 0.25) is 0 Å². The highest BCUT2D eigenvalue weighted by Crippen LogP contribution is 2.18. The molecule has 3 aromatic rings. The SMILES string of the molecule is COC(=O)c1ccc2nnc(-c3ccc(C)nc3)n2c1. The molecule has 0 fully saturated rings. The van der Waals surface area contributed by atoms with E-state index < -0.39 is 5.97 Å².